The maximum Gasteiger partial charge on any atom is 0.326 e. The third-order valence-corrected chi connectivity index (χ3v) is 6.52. The van der Waals surface area contributed by atoms with Crippen molar-refractivity contribution < 1.29 is 24.3 Å². The topological polar surface area (TPSA) is 194 Å². The predicted octanol–water partition coefficient (Wildman–Crippen LogP) is -0.337. The number of nitrogens with two attached hydrogens (primary N) is 3. The number of carboxylic acids is 1. The Hall–Kier alpha value is -2.24. The number of unbranched alkanes of at least 4 members (excludes halogenated alkanes) is 2. The van der Waals surface area contributed by atoms with E-state index in [1.165, 1.54) is 4.90 Å². The predicted molar refractivity (Wildman–Crippen MR) is 129 cm³/mol. The number of carbonyl (C=O) groups excluding carboxylic acids is 3. The van der Waals surface area contributed by atoms with Gasteiger partial charge in [-0.3, -0.25) is 14.4 Å². The molecule has 0 aromatic carbocycles. The van der Waals surface area contributed by atoms with Crippen LogP contribution in [-0.4, -0.2) is 77.5 Å². The summed E-state index contributed by atoms with van der Waals surface area (Å²) in [6.07, 6.45) is 5.00. The quantitative estimate of drug-likeness (QED) is 0.160. The van der Waals surface area contributed by atoms with E-state index in [0.717, 1.165) is 6.42 Å². The summed E-state index contributed by atoms with van der Waals surface area (Å²) in [6.45, 7) is 5.10. The van der Waals surface area contributed by atoms with Crippen LogP contribution in [0.2, 0.25) is 0 Å². The van der Waals surface area contributed by atoms with E-state index in [-0.39, 0.29) is 18.2 Å². The maximum atomic E-state index is 13.4. The van der Waals surface area contributed by atoms with Gasteiger partial charge in [-0.2, -0.15) is 0 Å². The number of hydrogen-bond donors (Lipinski definition) is 6. The van der Waals surface area contributed by atoms with Crippen LogP contribution in [-0.2, 0) is 19.2 Å². The van der Waals surface area contributed by atoms with Crippen molar-refractivity contribution in [3.63, 3.8) is 0 Å². The van der Waals surface area contributed by atoms with E-state index in [1.807, 2.05) is 13.8 Å². The zero-order chi connectivity index (χ0) is 25.7. The summed E-state index contributed by atoms with van der Waals surface area (Å²) >= 11 is 0. The lowest BCUT2D eigenvalue weighted by Gasteiger charge is -2.30. The van der Waals surface area contributed by atoms with E-state index in [9.17, 15) is 24.3 Å². The van der Waals surface area contributed by atoms with Crippen molar-refractivity contribution in [2.24, 2.45) is 23.1 Å². The Morgan fingerprint density at radius 3 is 2.12 bits per heavy atom. The third kappa shape index (κ3) is 9.19. The minimum atomic E-state index is -1.12. The van der Waals surface area contributed by atoms with E-state index in [1.54, 1.807) is 0 Å². The van der Waals surface area contributed by atoms with Crippen LogP contribution < -0.4 is 27.8 Å². The molecule has 1 heterocycles. The van der Waals surface area contributed by atoms with Crippen LogP contribution in [0.1, 0.15) is 71.6 Å². The second-order valence-corrected chi connectivity index (χ2v) is 9.13. The number of hydrogen-bond acceptors (Lipinski definition) is 7. The number of likely N-dealkylation sites (tertiary alicyclic amines) is 1. The molecule has 34 heavy (non-hydrogen) atoms. The molecule has 1 aliphatic heterocycles. The molecule has 1 saturated heterocycles. The molecule has 11 heteroatoms. The van der Waals surface area contributed by atoms with Gasteiger partial charge in [-0.05, 0) is 70.4 Å². The molecular weight excluding hydrogens is 440 g/mol. The fraction of sp³-hybridized carbons (Fsp3) is 0.826. The first-order valence-corrected chi connectivity index (χ1v) is 12.5. The third-order valence-electron chi connectivity index (χ3n) is 6.52. The van der Waals surface area contributed by atoms with Gasteiger partial charge >= 0.3 is 5.97 Å². The Bertz CT molecular complexity index is 676. The molecule has 0 saturated carbocycles. The van der Waals surface area contributed by atoms with Crippen LogP contribution in [0.15, 0.2) is 0 Å². The van der Waals surface area contributed by atoms with Crippen molar-refractivity contribution in [3.05, 3.63) is 0 Å². The number of nitrogens with zero attached hydrogens (tertiary/aromatic N) is 1. The van der Waals surface area contributed by atoms with Gasteiger partial charge in [0.2, 0.25) is 17.7 Å². The van der Waals surface area contributed by atoms with Gasteiger partial charge < -0.3 is 37.8 Å². The van der Waals surface area contributed by atoms with Crippen LogP contribution in [0.4, 0.5) is 0 Å². The highest BCUT2D eigenvalue weighted by Crippen LogP contribution is 2.21. The Morgan fingerprint density at radius 2 is 1.59 bits per heavy atom. The zero-order valence-electron chi connectivity index (χ0n) is 20.6. The van der Waals surface area contributed by atoms with Crippen LogP contribution in [0.3, 0.4) is 0 Å². The lowest BCUT2D eigenvalue weighted by atomic mass is 9.98. The van der Waals surface area contributed by atoms with E-state index in [4.69, 9.17) is 17.2 Å². The molecule has 5 atom stereocenters. The normalized spacial score (nSPS) is 19.2. The van der Waals surface area contributed by atoms with Crippen molar-refractivity contribution in [3.8, 4) is 0 Å². The summed E-state index contributed by atoms with van der Waals surface area (Å²) in [4.78, 5) is 52.1. The largest absolute Gasteiger partial charge is 0.480 e. The van der Waals surface area contributed by atoms with E-state index < -0.39 is 42.0 Å². The molecule has 0 spiro atoms. The molecule has 0 aromatic rings. The van der Waals surface area contributed by atoms with E-state index in [0.29, 0.717) is 64.6 Å². The van der Waals surface area contributed by atoms with Gasteiger partial charge in [0, 0.05) is 6.54 Å². The highest BCUT2D eigenvalue weighted by atomic mass is 16.4. The van der Waals surface area contributed by atoms with E-state index in [2.05, 4.69) is 10.6 Å². The molecule has 0 aromatic heterocycles. The maximum absolute atomic E-state index is 13.4. The smallest absolute Gasteiger partial charge is 0.326 e. The van der Waals surface area contributed by atoms with Gasteiger partial charge in [0.25, 0.3) is 0 Å². The molecule has 3 amide bonds. The van der Waals surface area contributed by atoms with Crippen molar-refractivity contribution >= 4 is 23.7 Å². The lowest BCUT2D eigenvalue weighted by molar-refractivity contribution is -0.145. The molecule has 11 nitrogen and oxygen atoms in total. The minimum Gasteiger partial charge on any atom is -0.480 e. The zero-order valence-corrected chi connectivity index (χ0v) is 20.6. The first kappa shape index (κ1) is 29.8. The molecular formula is C23H44N6O5. The molecule has 1 rings (SSSR count). The Balaban J connectivity index is 2.92. The van der Waals surface area contributed by atoms with Crippen molar-refractivity contribution in [1.29, 1.82) is 0 Å². The lowest BCUT2D eigenvalue weighted by Crippen LogP contribution is -2.57. The molecule has 0 bridgehead atoms. The number of nitrogens with one attached hydrogen (secondary N) is 2. The van der Waals surface area contributed by atoms with E-state index >= 15 is 0 Å². The molecule has 1 fully saturated rings. The van der Waals surface area contributed by atoms with Gasteiger partial charge in [-0.1, -0.05) is 20.3 Å². The summed E-state index contributed by atoms with van der Waals surface area (Å²) in [5.74, 6) is -2.40. The Morgan fingerprint density at radius 1 is 1.00 bits per heavy atom. The monoisotopic (exact) mass is 484 g/mol. The summed E-state index contributed by atoms with van der Waals surface area (Å²) in [5, 5.41) is 14.8. The molecule has 9 N–H and O–H groups in total. The van der Waals surface area contributed by atoms with Crippen LogP contribution in [0.5, 0.6) is 0 Å². The van der Waals surface area contributed by atoms with Gasteiger partial charge in [0.05, 0.1) is 6.04 Å². The fourth-order valence-electron chi connectivity index (χ4n) is 4.05. The molecule has 0 radical (unpaired) electrons. The summed E-state index contributed by atoms with van der Waals surface area (Å²) in [7, 11) is 0. The number of carboxylic acid groups (broad SMARTS) is 1. The summed E-state index contributed by atoms with van der Waals surface area (Å²) in [6, 6.07) is -3.37. The average molecular weight is 485 g/mol. The Labute approximate surface area is 202 Å². The summed E-state index contributed by atoms with van der Waals surface area (Å²) < 4.78 is 0. The first-order valence-electron chi connectivity index (χ1n) is 12.5. The first-order chi connectivity index (χ1) is 16.2. The molecule has 1 aliphatic rings. The van der Waals surface area contributed by atoms with Crippen LogP contribution in [0, 0.1) is 5.92 Å². The standard InChI is InChI=1S/C23H44N6O5/c1-3-15(2)19(26)21(31)27-16(9-4-6-12-24)22(32)29-14-8-11-18(29)20(30)28-17(23(33)34)10-5-7-13-25/h15-19H,3-14,24-26H2,1-2H3,(H,27,31)(H,28,30)(H,33,34). The molecule has 196 valence electrons. The highest BCUT2D eigenvalue weighted by molar-refractivity contribution is 5.94. The number of carbonyl (C=O) groups is 4. The Kier molecular flexibility index (Phi) is 13.7. The fourth-order valence-corrected chi connectivity index (χ4v) is 4.05. The minimum absolute atomic E-state index is 0.0441. The van der Waals surface area contributed by atoms with Crippen molar-refractivity contribution in [2.75, 3.05) is 19.6 Å². The summed E-state index contributed by atoms with van der Waals surface area (Å²) in [5.41, 5.74) is 17.1. The molecule has 0 aliphatic carbocycles. The van der Waals surface area contributed by atoms with Gasteiger partial charge in [-0.25, -0.2) is 4.79 Å². The van der Waals surface area contributed by atoms with Crippen molar-refractivity contribution in [1.82, 2.24) is 15.5 Å². The second kappa shape index (κ2) is 15.6. The van der Waals surface area contributed by atoms with Gasteiger partial charge in [0.15, 0.2) is 0 Å². The number of rotatable bonds is 16. The number of aliphatic carboxylic acids is 1. The van der Waals surface area contributed by atoms with Crippen LogP contribution >= 0.6 is 0 Å². The average Bonchev–Trinajstić information content (AvgIpc) is 3.31. The number of amides is 3. The van der Waals surface area contributed by atoms with Crippen molar-refractivity contribution in [2.45, 2.75) is 95.8 Å². The molecule has 5 unspecified atom stereocenters. The SMILES string of the molecule is CCC(C)C(N)C(=O)NC(CCCCN)C(=O)N1CCCC1C(=O)NC(CCCCN)C(=O)O. The van der Waals surface area contributed by atoms with Crippen LogP contribution in [0.25, 0.3) is 0 Å². The van der Waals surface area contributed by atoms with Gasteiger partial charge in [0.1, 0.15) is 18.1 Å². The van der Waals surface area contributed by atoms with Gasteiger partial charge in [-0.15, -0.1) is 0 Å². The second-order valence-electron chi connectivity index (χ2n) is 9.13. The highest BCUT2D eigenvalue weighted by Gasteiger charge is 2.39.